The summed E-state index contributed by atoms with van der Waals surface area (Å²) >= 11 is 0. The van der Waals surface area contributed by atoms with Crippen LogP contribution in [0.15, 0.2) is 48.5 Å². The van der Waals surface area contributed by atoms with Crippen LogP contribution in [0, 0.1) is 5.82 Å². The quantitative estimate of drug-likeness (QED) is 0.828. The second-order valence-corrected chi connectivity index (χ2v) is 7.83. The Morgan fingerprint density at radius 2 is 1.79 bits per heavy atom. The minimum atomic E-state index is -0.480. The Morgan fingerprint density at radius 1 is 1.04 bits per heavy atom. The lowest BCUT2D eigenvalue weighted by molar-refractivity contribution is -0.0285. The van der Waals surface area contributed by atoms with E-state index in [4.69, 9.17) is 4.74 Å². The fourth-order valence-electron chi connectivity index (χ4n) is 4.30. The van der Waals surface area contributed by atoms with Crippen molar-refractivity contribution in [3.05, 3.63) is 65.5 Å². The van der Waals surface area contributed by atoms with Gasteiger partial charge in [-0.2, -0.15) is 0 Å². The molecule has 2 atom stereocenters. The zero-order valence-electron chi connectivity index (χ0n) is 16.3. The Kier molecular flexibility index (Phi) is 6.25. The maximum absolute atomic E-state index is 13.1. The molecular weight excluding hydrogens is 355 g/mol. The van der Waals surface area contributed by atoms with Crippen molar-refractivity contribution < 1.29 is 14.2 Å². The number of aliphatic hydroxyl groups is 1. The molecule has 1 aliphatic heterocycles. The van der Waals surface area contributed by atoms with Crippen LogP contribution < -0.4 is 4.90 Å². The van der Waals surface area contributed by atoms with Gasteiger partial charge < -0.3 is 14.7 Å². The van der Waals surface area contributed by atoms with Crippen LogP contribution in [0.3, 0.4) is 0 Å². The first-order valence-electron chi connectivity index (χ1n) is 10.3. The molecule has 0 radical (unpaired) electrons. The number of piperazine rings is 1. The fraction of sp³-hybridized carbons (Fsp3) is 0.478. The number of hydrogen-bond acceptors (Lipinski definition) is 4. The molecule has 1 N–H and O–H groups in total. The maximum atomic E-state index is 13.1. The minimum absolute atomic E-state index is 0.106. The predicted octanol–water partition coefficient (Wildman–Crippen LogP) is 3.40. The van der Waals surface area contributed by atoms with E-state index in [1.807, 2.05) is 12.1 Å². The van der Waals surface area contributed by atoms with Gasteiger partial charge in [-0.3, -0.25) is 4.90 Å². The first kappa shape index (κ1) is 19.4. The molecule has 1 saturated heterocycles. The van der Waals surface area contributed by atoms with Crippen LogP contribution in [0.2, 0.25) is 0 Å². The van der Waals surface area contributed by atoms with Gasteiger partial charge >= 0.3 is 0 Å². The number of hydrogen-bond donors (Lipinski definition) is 1. The number of anilines is 1. The lowest BCUT2D eigenvalue weighted by Gasteiger charge is -2.37. The third-order valence-electron chi connectivity index (χ3n) is 5.84. The molecule has 0 bridgehead atoms. The van der Waals surface area contributed by atoms with E-state index in [0.29, 0.717) is 13.2 Å². The number of nitrogens with zero attached hydrogens (tertiary/aromatic N) is 2. The van der Waals surface area contributed by atoms with Crippen LogP contribution in [0.4, 0.5) is 10.1 Å². The van der Waals surface area contributed by atoms with E-state index in [-0.39, 0.29) is 11.9 Å². The van der Waals surface area contributed by atoms with Crippen molar-refractivity contribution in [2.45, 2.75) is 31.5 Å². The van der Waals surface area contributed by atoms with Crippen LogP contribution in [0.1, 0.15) is 30.1 Å². The summed E-state index contributed by atoms with van der Waals surface area (Å²) in [5, 5.41) is 10.5. The van der Waals surface area contributed by atoms with Crippen molar-refractivity contribution in [2.24, 2.45) is 0 Å². The van der Waals surface area contributed by atoms with Crippen molar-refractivity contribution >= 4 is 5.69 Å². The van der Waals surface area contributed by atoms with E-state index in [1.165, 1.54) is 23.3 Å². The van der Waals surface area contributed by atoms with E-state index >= 15 is 0 Å². The molecule has 0 saturated carbocycles. The molecular formula is C23H29FN2O2. The standard InChI is InChI=1S/C23H29FN2O2/c24-19-8-10-20(11-9-19)26-14-12-25(13-15-26)16-21(27)17-28-23-7-3-5-18-4-1-2-6-22(18)23/h1-2,4,6,8-11,21,23,27H,3,5,7,12-17H2. The van der Waals surface area contributed by atoms with Gasteiger partial charge in [0.15, 0.2) is 0 Å². The zero-order chi connectivity index (χ0) is 19.3. The monoisotopic (exact) mass is 384 g/mol. The molecule has 28 heavy (non-hydrogen) atoms. The highest BCUT2D eigenvalue weighted by Crippen LogP contribution is 2.32. The van der Waals surface area contributed by atoms with E-state index in [0.717, 1.165) is 51.1 Å². The maximum Gasteiger partial charge on any atom is 0.123 e. The number of ether oxygens (including phenoxy) is 1. The third-order valence-corrected chi connectivity index (χ3v) is 5.84. The average Bonchev–Trinajstić information content (AvgIpc) is 2.73. The molecule has 4 rings (SSSR count). The van der Waals surface area contributed by atoms with Gasteiger partial charge in [0.2, 0.25) is 0 Å². The number of β-amino-alcohol motifs (C(OH)–C–C–N with tert-alkyl or cyclic N) is 1. The normalized spacial score (nSPS) is 21.4. The highest BCUT2D eigenvalue weighted by atomic mass is 19.1. The molecule has 0 aromatic heterocycles. The summed E-state index contributed by atoms with van der Waals surface area (Å²) in [5.41, 5.74) is 3.72. The summed E-state index contributed by atoms with van der Waals surface area (Å²) < 4.78 is 19.2. The van der Waals surface area contributed by atoms with Crippen molar-refractivity contribution in [3.63, 3.8) is 0 Å². The van der Waals surface area contributed by atoms with Crippen LogP contribution in [-0.2, 0) is 11.2 Å². The van der Waals surface area contributed by atoms with Crippen LogP contribution in [0.5, 0.6) is 0 Å². The molecule has 150 valence electrons. The number of aryl methyl sites for hydroxylation is 1. The molecule has 1 heterocycles. The van der Waals surface area contributed by atoms with Gasteiger partial charge in [-0.15, -0.1) is 0 Å². The summed E-state index contributed by atoms with van der Waals surface area (Å²) in [6.07, 6.45) is 2.92. The van der Waals surface area contributed by atoms with E-state index < -0.39 is 6.10 Å². The Morgan fingerprint density at radius 3 is 2.57 bits per heavy atom. The van der Waals surface area contributed by atoms with Gasteiger partial charge in [0.1, 0.15) is 5.82 Å². The van der Waals surface area contributed by atoms with E-state index in [1.54, 1.807) is 0 Å². The highest BCUT2D eigenvalue weighted by Gasteiger charge is 2.23. The molecule has 2 aromatic carbocycles. The molecule has 1 aliphatic carbocycles. The summed E-state index contributed by atoms with van der Waals surface area (Å²) in [4.78, 5) is 4.54. The largest absolute Gasteiger partial charge is 0.389 e. The Hall–Kier alpha value is -1.95. The molecule has 4 nitrogen and oxygen atoms in total. The highest BCUT2D eigenvalue weighted by molar-refractivity contribution is 5.46. The van der Waals surface area contributed by atoms with Crippen LogP contribution in [0.25, 0.3) is 0 Å². The van der Waals surface area contributed by atoms with Crippen molar-refractivity contribution in [3.8, 4) is 0 Å². The van der Waals surface area contributed by atoms with Crippen molar-refractivity contribution in [1.29, 1.82) is 0 Å². The molecule has 2 unspecified atom stereocenters. The van der Waals surface area contributed by atoms with E-state index in [9.17, 15) is 9.50 Å². The number of aliphatic hydroxyl groups excluding tert-OH is 1. The van der Waals surface area contributed by atoms with E-state index in [2.05, 4.69) is 34.1 Å². The molecule has 1 fully saturated rings. The number of halogens is 1. The van der Waals surface area contributed by atoms with Crippen molar-refractivity contribution in [1.82, 2.24) is 4.90 Å². The van der Waals surface area contributed by atoms with Crippen LogP contribution >= 0.6 is 0 Å². The summed E-state index contributed by atoms with van der Waals surface area (Å²) in [6.45, 7) is 4.55. The first-order chi connectivity index (χ1) is 13.7. The summed E-state index contributed by atoms with van der Waals surface area (Å²) in [7, 11) is 0. The third kappa shape index (κ3) is 4.72. The number of rotatable bonds is 6. The van der Waals surface area contributed by atoms with Crippen LogP contribution in [-0.4, -0.2) is 55.4 Å². The van der Waals surface area contributed by atoms with Crippen molar-refractivity contribution in [2.75, 3.05) is 44.2 Å². The molecule has 0 amide bonds. The minimum Gasteiger partial charge on any atom is -0.389 e. The van der Waals surface area contributed by atoms with Gasteiger partial charge in [-0.25, -0.2) is 4.39 Å². The Bertz CT molecular complexity index is 759. The fourth-order valence-corrected chi connectivity index (χ4v) is 4.30. The Balaban J connectivity index is 1.22. The average molecular weight is 384 g/mol. The topological polar surface area (TPSA) is 35.9 Å². The van der Waals surface area contributed by atoms with Gasteiger partial charge in [0.25, 0.3) is 0 Å². The SMILES string of the molecule is OC(COC1CCCc2ccccc21)CN1CCN(c2ccc(F)cc2)CC1. The second kappa shape index (κ2) is 9.03. The molecule has 5 heteroatoms. The molecule has 0 spiro atoms. The molecule has 2 aliphatic rings. The van der Waals surface area contributed by atoms with Gasteiger partial charge in [0.05, 0.1) is 18.8 Å². The predicted molar refractivity (Wildman–Crippen MR) is 109 cm³/mol. The number of fused-ring (bicyclic) bond motifs is 1. The Labute approximate surface area is 166 Å². The zero-order valence-corrected chi connectivity index (χ0v) is 16.3. The summed E-state index contributed by atoms with van der Waals surface area (Å²) in [5.74, 6) is -0.203. The van der Waals surface area contributed by atoms with Gasteiger partial charge in [0, 0.05) is 38.4 Å². The smallest absolute Gasteiger partial charge is 0.123 e. The summed E-state index contributed by atoms with van der Waals surface area (Å²) in [6, 6.07) is 15.2. The lowest BCUT2D eigenvalue weighted by Crippen LogP contribution is -2.49. The van der Waals surface area contributed by atoms with Gasteiger partial charge in [-0.1, -0.05) is 24.3 Å². The second-order valence-electron chi connectivity index (χ2n) is 7.83. The number of benzene rings is 2. The lowest BCUT2D eigenvalue weighted by atomic mass is 9.89. The molecule has 2 aromatic rings. The van der Waals surface area contributed by atoms with Gasteiger partial charge in [-0.05, 0) is 54.7 Å². The first-order valence-corrected chi connectivity index (χ1v) is 10.3.